The molecule has 1 atom stereocenters. The number of ether oxygens (including phenoxy) is 1. The van der Waals surface area contributed by atoms with E-state index in [1.54, 1.807) is 0 Å². The van der Waals surface area contributed by atoms with Crippen LogP contribution in [-0.4, -0.2) is 40.4 Å². The maximum absolute atomic E-state index is 14.6. The van der Waals surface area contributed by atoms with E-state index in [0.717, 1.165) is 12.6 Å². The maximum atomic E-state index is 14.6. The molecule has 2 heterocycles. The molecule has 7 nitrogen and oxygen atoms in total. The van der Waals surface area contributed by atoms with Crippen LogP contribution in [0.15, 0.2) is 29.3 Å². The third-order valence-electron chi connectivity index (χ3n) is 6.15. The highest BCUT2D eigenvalue weighted by atomic mass is 32.2. The fourth-order valence-electron chi connectivity index (χ4n) is 4.67. The number of nitrogens with zero attached hydrogens (tertiary/aromatic N) is 4. The lowest BCUT2D eigenvalue weighted by molar-refractivity contribution is 0.186. The summed E-state index contributed by atoms with van der Waals surface area (Å²) < 4.78 is 50.5. The van der Waals surface area contributed by atoms with Crippen molar-refractivity contribution in [3.05, 3.63) is 35.9 Å². The van der Waals surface area contributed by atoms with E-state index < -0.39 is 26.8 Å². The summed E-state index contributed by atoms with van der Waals surface area (Å²) >= 11 is 0. The topological polar surface area (TPSA) is 77.3 Å². The molecule has 1 aromatic heterocycles. The van der Waals surface area contributed by atoms with Crippen LogP contribution in [0.2, 0.25) is 0 Å². The van der Waals surface area contributed by atoms with Crippen LogP contribution in [0.5, 0.6) is 5.75 Å². The van der Waals surface area contributed by atoms with E-state index in [9.17, 15) is 12.8 Å². The molecule has 1 aliphatic carbocycles. The van der Waals surface area contributed by atoms with Gasteiger partial charge in [-0.1, -0.05) is 44.4 Å². The first-order valence-corrected chi connectivity index (χ1v) is 12.6. The number of rotatable bonds is 6. The van der Waals surface area contributed by atoms with Crippen LogP contribution in [0.1, 0.15) is 58.1 Å². The highest BCUT2D eigenvalue weighted by molar-refractivity contribution is 7.89. The van der Waals surface area contributed by atoms with Gasteiger partial charge in [-0.25, -0.2) is 12.8 Å². The van der Waals surface area contributed by atoms with Gasteiger partial charge >= 0.3 is 0 Å². The normalized spacial score (nSPS) is 22.1. The molecular weight excluding hydrogens is 419 g/mol. The Morgan fingerprint density at radius 2 is 2.00 bits per heavy atom. The summed E-state index contributed by atoms with van der Waals surface area (Å²) in [6.45, 7) is 5.08. The van der Waals surface area contributed by atoms with E-state index in [4.69, 9.17) is 4.74 Å². The van der Waals surface area contributed by atoms with Crippen LogP contribution in [-0.2, 0) is 23.1 Å². The van der Waals surface area contributed by atoms with E-state index in [-0.39, 0.29) is 24.8 Å². The molecule has 0 unspecified atom stereocenters. The van der Waals surface area contributed by atoms with Gasteiger partial charge in [-0.15, -0.1) is 5.10 Å². The van der Waals surface area contributed by atoms with Crippen molar-refractivity contribution in [3.63, 3.8) is 0 Å². The van der Waals surface area contributed by atoms with Gasteiger partial charge in [0.15, 0.2) is 4.90 Å². The van der Waals surface area contributed by atoms with Crippen molar-refractivity contribution in [2.45, 2.75) is 76.4 Å². The molecule has 0 N–H and O–H groups in total. The van der Waals surface area contributed by atoms with E-state index in [1.165, 1.54) is 48.5 Å². The summed E-state index contributed by atoms with van der Waals surface area (Å²) in [4.78, 5) is -0.393. The number of sulfonamides is 1. The molecule has 0 saturated heterocycles. The zero-order chi connectivity index (χ0) is 22.0. The molecule has 2 aromatic rings. The lowest BCUT2D eigenvalue weighted by atomic mass is 9.89. The van der Waals surface area contributed by atoms with Gasteiger partial charge in [0, 0.05) is 12.7 Å². The van der Waals surface area contributed by atoms with Crippen molar-refractivity contribution in [2.24, 2.45) is 11.8 Å². The molecule has 2 aliphatic rings. The van der Waals surface area contributed by atoms with Gasteiger partial charge < -0.3 is 4.74 Å². The molecule has 1 fully saturated rings. The van der Waals surface area contributed by atoms with Gasteiger partial charge in [-0.3, -0.25) is 4.68 Å². The van der Waals surface area contributed by atoms with Crippen LogP contribution in [0, 0.1) is 17.7 Å². The van der Waals surface area contributed by atoms with Gasteiger partial charge in [-0.05, 0) is 43.2 Å². The Bertz CT molecular complexity index is 1000. The summed E-state index contributed by atoms with van der Waals surface area (Å²) in [5.74, 6) is 0.110. The Balaban J connectivity index is 1.61. The number of halogens is 1. The molecule has 0 spiro atoms. The predicted octanol–water partition coefficient (Wildman–Crippen LogP) is 4.00. The third kappa shape index (κ3) is 4.92. The molecule has 31 heavy (non-hydrogen) atoms. The Labute approximate surface area is 183 Å². The lowest BCUT2D eigenvalue weighted by Crippen LogP contribution is -2.42. The number of fused-ring (bicyclic) bond motifs is 1. The quantitative estimate of drug-likeness (QED) is 0.665. The smallest absolute Gasteiger partial charge is 0.250 e. The standard InChI is InChI=1S/C22H31FN4O3S/c1-16(2)11-19-15-30-21-10-6-9-20(23)22(21)31(28,29)27(19)14-18-13-26(25-24-18)12-17-7-4-3-5-8-17/h6,9-10,13,16-17,19H,3-5,7-8,11-12,14-15H2,1-2H3/t19-/m0/s1. The zero-order valence-electron chi connectivity index (χ0n) is 18.2. The molecule has 0 bridgehead atoms. The molecule has 0 amide bonds. The second kappa shape index (κ2) is 9.24. The van der Waals surface area contributed by atoms with Crippen LogP contribution < -0.4 is 4.74 Å². The molecule has 1 saturated carbocycles. The molecule has 4 rings (SSSR count). The average Bonchev–Trinajstić information content (AvgIpc) is 3.12. The number of hydrogen-bond donors (Lipinski definition) is 0. The number of benzene rings is 1. The first-order valence-electron chi connectivity index (χ1n) is 11.2. The van der Waals surface area contributed by atoms with Crippen molar-refractivity contribution in [1.29, 1.82) is 0 Å². The predicted molar refractivity (Wildman–Crippen MR) is 114 cm³/mol. The maximum Gasteiger partial charge on any atom is 0.250 e. The van der Waals surface area contributed by atoms with Gasteiger partial charge in [0.1, 0.15) is 18.2 Å². The van der Waals surface area contributed by atoms with Crippen LogP contribution in [0.25, 0.3) is 0 Å². The second-order valence-corrected chi connectivity index (χ2v) is 11.0. The van der Waals surface area contributed by atoms with Gasteiger partial charge in [-0.2, -0.15) is 4.31 Å². The highest BCUT2D eigenvalue weighted by Gasteiger charge is 2.39. The fraction of sp³-hybridized carbons (Fsp3) is 0.636. The van der Waals surface area contributed by atoms with E-state index >= 15 is 0 Å². The minimum Gasteiger partial charge on any atom is -0.490 e. The Kier molecular flexibility index (Phi) is 6.62. The summed E-state index contributed by atoms with van der Waals surface area (Å²) in [6, 6.07) is 3.71. The van der Waals surface area contributed by atoms with Gasteiger partial charge in [0.2, 0.25) is 10.0 Å². The van der Waals surface area contributed by atoms with E-state index in [1.807, 2.05) is 24.7 Å². The second-order valence-electron chi connectivity index (χ2n) is 9.15. The first-order chi connectivity index (χ1) is 14.8. The van der Waals surface area contributed by atoms with Crippen molar-refractivity contribution in [2.75, 3.05) is 6.61 Å². The Morgan fingerprint density at radius 1 is 1.23 bits per heavy atom. The average molecular weight is 451 g/mol. The van der Waals surface area contributed by atoms with E-state index in [0.29, 0.717) is 18.0 Å². The summed E-state index contributed by atoms with van der Waals surface area (Å²) in [5, 5.41) is 8.47. The van der Waals surface area contributed by atoms with Crippen LogP contribution in [0.4, 0.5) is 4.39 Å². The van der Waals surface area contributed by atoms with Crippen LogP contribution >= 0.6 is 0 Å². The minimum atomic E-state index is -4.10. The summed E-state index contributed by atoms with van der Waals surface area (Å²) in [5.41, 5.74) is 0.563. The summed E-state index contributed by atoms with van der Waals surface area (Å²) in [7, 11) is -4.10. The number of aromatic nitrogens is 3. The monoisotopic (exact) mass is 450 g/mol. The van der Waals surface area contributed by atoms with Crippen LogP contribution in [0.3, 0.4) is 0 Å². The molecule has 9 heteroatoms. The molecule has 1 aromatic carbocycles. The Hall–Kier alpha value is -2.00. The molecule has 0 radical (unpaired) electrons. The van der Waals surface area contributed by atoms with Gasteiger partial charge in [0.25, 0.3) is 0 Å². The lowest BCUT2D eigenvalue weighted by Gasteiger charge is -2.28. The van der Waals surface area contributed by atoms with Crippen molar-refractivity contribution < 1.29 is 17.5 Å². The van der Waals surface area contributed by atoms with Crippen molar-refractivity contribution in [1.82, 2.24) is 19.3 Å². The highest BCUT2D eigenvalue weighted by Crippen LogP contribution is 2.35. The largest absolute Gasteiger partial charge is 0.490 e. The fourth-order valence-corrected chi connectivity index (χ4v) is 6.45. The summed E-state index contributed by atoms with van der Waals surface area (Å²) in [6.07, 6.45) is 8.61. The van der Waals surface area contributed by atoms with Crippen molar-refractivity contribution in [3.8, 4) is 5.75 Å². The van der Waals surface area contributed by atoms with Crippen molar-refractivity contribution >= 4 is 10.0 Å². The molecule has 1 aliphatic heterocycles. The third-order valence-corrected chi connectivity index (χ3v) is 8.11. The van der Waals surface area contributed by atoms with E-state index in [2.05, 4.69) is 10.3 Å². The SMILES string of the molecule is CC(C)C[C@H]1COc2cccc(F)c2S(=O)(=O)N1Cc1cn(CC2CCCCC2)nn1. The van der Waals surface area contributed by atoms with Gasteiger partial charge in [0.05, 0.1) is 18.3 Å². The number of hydrogen-bond acceptors (Lipinski definition) is 5. The zero-order valence-corrected chi connectivity index (χ0v) is 19.0. The molecule has 170 valence electrons. The molecular formula is C22H31FN4O3S. The Morgan fingerprint density at radius 3 is 2.74 bits per heavy atom. The minimum absolute atomic E-state index is 0.0432. The first kappa shape index (κ1) is 22.2.